The van der Waals surface area contributed by atoms with E-state index in [2.05, 4.69) is 0 Å². The molecule has 0 unspecified atom stereocenters. The van der Waals surface area contributed by atoms with Crippen LogP contribution < -0.4 is 4.74 Å². The number of hydrogen-bond acceptors (Lipinski definition) is 4. The van der Waals surface area contributed by atoms with Gasteiger partial charge in [0.1, 0.15) is 0 Å². The lowest BCUT2D eigenvalue weighted by molar-refractivity contribution is -0.123. The summed E-state index contributed by atoms with van der Waals surface area (Å²) in [5.74, 6) is 0.0807. The van der Waals surface area contributed by atoms with Crippen molar-refractivity contribution in [2.75, 3.05) is 6.61 Å². The molecule has 27 heavy (non-hydrogen) atoms. The quantitative estimate of drug-likeness (QED) is 0.560. The van der Waals surface area contributed by atoms with Gasteiger partial charge in [-0.05, 0) is 54.9 Å². The number of halogens is 2. The van der Waals surface area contributed by atoms with Gasteiger partial charge in [-0.2, -0.15) is 0 Å². The number of hydrogen-bond donors (Lipinski definition) is 0. The lowest BCUT2D eigenvalue weighted by Gasteiger charge is -2.12. The van der Waals surface area contributed by atoms with Crippen LogP contribution in [0.3, 0.4) is 0 Å². The Balaban J connectivity index is 1.82. The van der Waals surface area contributed by atoms with Gasteiger partial charge in [-0.25, -0.2) is 0 Å². The number of ether oxygens (including phenoxy) is 1. The molecule has 0 spiro atoms. The molecule has 0 atom stereocenters. The van der Waals surface area contributed by atoms with E-state index in [1.807, 2.05) is 38.1 Å². The monoisotopic (exact) mass is 421 g/mol. The van der Waals surface area contributed by atoms with Crippen LogP contribution in [0.1, 0.15) is 23.6 Å². The maximum absolute atomic E-state index is 12.7. The topological polar surface area (TPSA) is 46.6 Å². The minimum absolute atomic E-state index is 0.243. The Hall–Kier alpha value is -1.95. The third-order valence-electron chi connectivity index (χ3n) is 3.94. The van der Waals surface area contributed by atoms with Crippen molar-refractivity contribution < 1.29 is 14.3 Å². The molecule has 0 saturated carbocycles. The van der Waals surface area contributed by atoms with Gasteiger partial charge in [-0.15, -0.1) is 0 Å². The van der Waals surface area contributed by atoms with Crippen LogP contribution in [0, 0.1) is 6.92 Å². The summed E-state index contributed by atoms with van der Waals surface area (Å²) in [6.45, 7) is 4.51. The second-order valence-corrected chi connectivity index (χ2v) is 7.81. The Kier molecular flexibility index (Phi) is 6.15. The van der Waals surface area contributed by atoms with Crippen molar-refractivity contribution in [2.24, 2.45) is 0 Å². The smallest absolute Gasteiger partial charge is 0.293 e. The molecule has 1 aliphatic heterocycles. The van der Waals surface area contributed by atoms with Crippen LogP contribution in [-0.2, 0) is 11.3 Å². The average molecular weight is 422 g/mol. The fraction of sp³-hybridized carbons (Fsp3) is 0.200. The molecule has 1 saturated heterocycles. The van der Waals surface area contributed by atoms with Gasteiger partial charge >= 0.3 is 0 Å². The molecule has 2 amide bonds. The van der Waals surface area contributed by atoms with Gasteiger partial charge in [-0.1, -0.05) is 53.0 Å². The van der Waals surface area contributed by atoms with Crippen LogP contribution in [0.5, 0.6) is 5.75 Å². The van der Waals surface area contributed by atoms with E-state index in [4.69, 9.17) is 27.9 Å². The van der Waals surface area contributed by atoms with Crippen molar-refractivity contribution in [2.45, 2.75) is 20.4 Å². The van der Waals surface area contributed by atoms with Crippen molar-refractivity contribution in [1.82, 2.24) is 4.90 Å². The Labute approximate surface area is 172 Å². The largest absolute Gasteiger partial charge is 0.491 e. The molecule has 4 nitrogen and oxygen atoms in total. The molecule has 3 rings (SSSR count). The fourth-order valence-electron chi connectivity index (χ4n) is 2.61. The number of carbonyl (C=O) groups is 2. The second kappa shape index (κ2) is 8.38. The lowest BCUT2D eigenvalue weighted by atomic mass is 10.1. The first-order valence-electron chi connectivity index (χ1n) is 8.31. The normalized spacial score (nSPS) is 15.7. The molecule has 7 heteroatoms. The summed E-state index contributed by atoms with van der Waals surface area (Å²) in [4.78, 5) is 26.5. The molecule has 2 aromatic rings. The molecule has 0 bridgehead atoms. The molecule has 140 valence electrons. The van der Waals surface area contributed by atoms with Gasteiger partial charge in [0.2, 0.25) is 0 Å². The van der Waals surface area contributed by atoms with Crippen molar-refractivity contribution >= 4 is 52.2 Å². The van der Waals surface area contributed by atoms with Gasteiger partial charge in [0.25, 0.3) is 11.1 Å². The summed E-state index contributed by atoms with van der Waals surface area (Å²) >= 11 is 13.3. The molecule has 0 aliphatic carbocycles. The first-order valence-corrected chi connectivity index (χ1v) is 9.89. The van der Waals surface area contributed by atoms with E-state index >= 15 is 0 Å². The van der Waals surface area contributed by atoms with Crippen molar-refractivity contribution in [3.63, 3.8) is 0 Å². The van der Waals surface area contributed by atoms with Crippen LogP contribution in [-0.4, -0.2) is 22.7 Å². The predicted octanol–water partition coefficient (Wildman–Crippen LogP) is 5.94. The van der Waals surface area contributed by atoms with E-state index in [9.17, 15) is 9.59 Å². The number of imide groups is 1. The highest BCUT2D eigenvalue weighted by Gasteiger charge is 2.35. The number of amides is 2. The Morgan fingerprint density at radius 3 is 2.33 bits per heavy atom. The molecule has 1 heterocycles. The summed E-state index contributed by atoms with van der Waals surface area (Å²) in [6.07, 6.45) is 1.62. The Morgan fingerprint density at radius 1 is 1.11 bits per heavy atom. The minimum atomic E-state index is -0.327. The van der Waals surface area contributed by atoms with Crippen molar-refractivity contribution in [3.8, 4) is 5.75 Å². The standard InChI is InChI=1S/C20H17Cl2NO3S/c1-3-26-18-15(21)8-14(9-16(18)22)10-17-19(24)23(20(25)27-17)11-13-6-4-12(2)5-7-13/h4-10H,3,11H2,1-2H3/b17-10-. The van der Waals surface area contributed by atoms with Crippen LogP contribution in [0.25, 0.3) is 6.08 Å². The minimum Gasteiger partial charge on any atom is -0.491 e. The van der Waals surface area contributed by atoms with E-state index in [0.717, 1.165) is 22.9 Å². The maximum Gasteiger partial charge on any atom is 0.293 e. The van der Waals surface area contributed by atoms with Crippen LogP contribution in [0.2, 0.25) is 10.0 Å². The summed E-state index contributed by atoms with van der Waals surface area (Å²) in [5, 5.41) is 0.416. The summed E-state index contributed by atoms with van der Waals surface area (Å²) in [5.41, 5.74) is 2.66. The molecule has 0 N–H and O–H groups in total. The van der Waals surface area contributed by atoms with Gasteiger partial charge in [0.15, 0.2) is 5.75 Å². The number of rotatable bonds is 5. The number of nitrogens with zero attached hydrogens (tertiary/aromatic N) is 1. The first kappa shape index (κ1) is 19.8. The molecular weight excluding hydrogens is 405 g/mol. The predicted molar refractivity (Wildman–Crippen MR) is 110 cm³/mol. The molecule has 1 aliphatic rings. The molecule has 0 radical (unpaired) electrons. The van der Waals surface area contributed by atoms with E-state index in [0.29, 0.717) is 32.9 Å². The van der Waals surface area contributed by atoms with E-state index in [-0.39, 0.29) is 17.7 Å². The summed E-state index contributed by atoms with van der Waals surface area (Å²) in [7, 11) is 0. The zero-order valence-corrected chi connectivity index (χ0v) is 17.1. The number of thioether (sulfide) groups is 1. The van der Waals surface area contributed by atoms with E-state index in [1.165, 1.54) is 4.90 Å². The SMILES string of the molecule is CCOc1c(Cl)cc(/C=C2\SC(=O)N(Cc3ccc(C)cc3)C2=O)cc1Cl. The maximum atomic E-state index is 12.7. The highest BCUT2D eigenvalue weighted by Crippen LogP contribution is 2.37. The van der Waals surface area contributed by atoms with E-state index < -0.39 is 0 Å². The van der Waals surface area contributed by atoms with Gasteiger partial charge in [0.05, 0.1) is 28.1 Å². The highest BCUT2D eigenvalue weighted by molar-refractivity contribution is 8.18. The molecule has 0 aromatic heterocycles. The van der Waals surface area contributed by atoms with Gasteiger partial charge < -0.3 is 4.74 Å². The van der Waals surface area contributed by atoms with E-state index in [1.54, 1.807) is 18.2 Å². The third kappa shape index (κ3) is 4.49. The molecule has 1 fully saturated rings. The Morgan fingerprint density at radius 2 is 1.74 bits per heavy atom. The average Bonchev–Trinajstić information content (AvgIpc) is 2.87. The highest BCUT2D eigenvalue weighted by atomic mass is 35.5. The molecule has 2 aromatic carbocycles. The number of benzene rings is 2. The zero-order valence-electron chi connectivity index (χ0n) is 14.8. The molecular formula is C20H17Cl2NO3S. The van der Waals surface area contributed by atoms with Crippen LogP contribution in [0.4, 0.5) is 4.79 Å². The summed E-state index contributed by atoms with van der Waals surface area (Å²) < 4.78 is 5.40. The number of aryl methyl sites for hydroxylation is 1. The Bertz CT molecular complexity index is 902. The second-order valence-electron chi connectivity index (χ2n) is 6.00. The zero-order chi connectivity index (χ0) is 19.6. The van der Waals surface area contributed by atoms with Gasteiger partial charge in [0, 0.05) is 0 Å². The summed E-state index contributed by atoms with van der Waals surface area (Å²) in [6, 6.07) is 11.0. The lowest BCUT2D eigenvalue weighted by Crippen LogP contribution is -2.27. The van der Waals surface area contributed by atoms with Gasteiger partial charge in [-0.3, -0.25) is 14.5 Å². The fourth-order valence-corrected chi connectivity index (χ4v) is 4.06. The van der Waals surface area contributed by atoms with Crippen LogP contribution >= 0.6 is 35.0 Å². The van der Waals surface area contributed by atoms with Crippen molar-refractivity contribution in [1.29, 1.82) is 0 Å². The third-order valence-corrected chi connectivity index (χ3v) is 5.41. The number of carbonyl (C=O) groups excluding carboxylic acids is 2. The first-order chi connectivity index (χ1) is 12.9. The van der Waals surface area contributed by atoms with Crippen molar-refractivity contribution in [3.05, 3.63) is 68.0 Å². The van der Waals surface area contributed by atoms with Crippen LogP contribution in [0.15, 0.2) is 41.3 Å².